The molecule has 4 nitrogen and oxygen atoms in total. The van der Waals surface area contributed by atoms with Crippen molar-refractivity contribution in [2.75, 3.05) is 37.0 Å². The van der Waals surface area contributed by atoms with E-state index in [0.717, 1.165) is 0 Å². The Balaban J connectivity index is 0. The Morgan fingerprint density at radius 1 is 0.211 bits per heavy atom. The first kappa shape index (κ1) is 97.3. The molecular formula is C85H174F3NO3P2S. The second-order valence-electron chi connectivity index (χ2n) is 30.9. The third kappa shape index (κ3) is 72.4. The van der Waals surface area contributed by atoms with Crippen molar-refractivity contribution >= 4 is 24.2 Å². The lowest BCUT2D eigenvalue weighted by atomic mass is 10.1. The summed E-state index contributed by atoms with van der Waals surface area (Å²) in [6, 6.07) is 0. The molecular weight excluding hydrogens is 1230 g/mol. The maximum atomic E-state index is 10.7. The Kier molecular flexibility index (Phi) is 78.8. The average molecular weight is 1410 g/mol. The molecule has 0 radical (unpaired) electrons. The Labute approximate surface area is 597 Å². The summed E-state index contributed by atoms with van der Waals surface area (Å²) in [5, 5.41) is 0. The molecule has 0 N–H and O–H groups in total. The molecule has 0 aromatic carbocycles. The molecule has 0 amide bonds. The van der Waals surface area contributed by atoms with E-state index in [-0.39, 0.29) is 0 Å². The zero-order valence-corrected chi connectivity index (χ0v) is 68.4. The summed E-state index contributed by atoms with van der Waals surface area (Å²) in [6.07, 6.45) is 115. The van der Waals surface area contributed by atoms with Gasteiger partial charge >= 0.3 is 5.51 Å². The number of unbranched alkanes of at least 4 members (excludes halogenated alkanes) is 66. The number of halogens is 3. The van der Waals surface area contributed by atoms with Crippen LogP contribution in [0.3, 0.4) is 0 Å². The summed E-state index contributed by atoms with van der Waals surface area (Å²) >= 11 is 0. The highest BCUT2D eigenvalue weighted by atomic mass is 32.2. The molecule has 0 atom stereocenters. The molecule has 0 bridgehead atoms. The lowest BCUT2D eigenvalue weighted by molar-refractivity contribution is -0.0517. The summed E-state index contributed by atoms with van der Waals surface area (Å²) in [4.78, 5) is 0. The number of nitrogens with zero attached hydrogens (tertiary/aromatic N) is 1. The smallest absolute Gasteiger partial charge is 0.485 e. The van der Waals surface area contributed by atoms with Gasteiger partial charge in [0, 0.05) is 37.0 Å². The molecule has 0 unspecified atom stereocenters. The molecule has 95 heavy (non-hydrogen) atoms. The van der Waals surface area contributed by atoms with Crippen molar-refractivity contribution in [3.05, 3.63) is 0 Å². The fraction of sp³-hybridized carbons (Fsp3) is 1.00. The van der Waals surface area contributed by atoms with Crippen LogP contribution >= 0.6 is 14.1 Å². The number of hydrogen-bond donors (Lipinski definition) is 0. The van der Waals surface area contributed by atoms with Crippen molar-refractivity contribution in [3.63, 3.8) is 0 Å². The monoisotopic (exact) mass is 1410 g/mol. The molecule has 0 aliphatic carbocycles. The summed E-state index contributed by atoms with van der Waals surface area (Å²) in [7, 11) is -8.96. The Morgan fingerprint density at radius 3 is 0.379 bits per heavy atom. The van der Waals surface area contributed by atoms with Crippen LogP contribution in [0.2, 0.25) is 0 Å². The quantitative estimate of drug-likeness (QED) is 0.0200. The maximum Gasteiger partial charge on any atom is 0.485 e. The second-order valence-corrected chi connectivity index (χ2v) is 40.0. The summed E-state index contributed by atoms with van der Waals surface area (Å²) < 4.78 is 66.0. The van der Waals surface area contributed by atoms with Crippen LogP contribution in [0.1, 0.15) is 504 Å². The predicted octanol–water partition coefficient (Wildman–Crippen LogP) is 32.7. The topological polar surface area (TPSA) is 71.3 Å². The van der Waals surface area contributed by atoms with E-state index in [2.05, 4.69) is 41.5 Å². The van der Waals surface area contributed by atoms with Gasteiger partial charge in [-0.05, 0) is 38.5 Å². The van der Waals surface area contributed by atoms with Gasteiger partial charge in [-0.1, -0.05) is 465 Å². The van der Waals surface area contributed by atoms with Crippen LogP contribution in [-0.2, 0) is 10.1 Å². The molecule has 0 fully saturated rings. The third-order valence-electron chi connectivity index (χ3n) is 21.2. The number of rotatable bonds is 78. The van der Waals surface area contributed by atoms with E-state index in [9.17, 15) is 13.2 Å². The first-order valence-electron chi connectivity index (χ1n) is 43.8. The Hall–Kier alpha value is 0.270. The second kappa shape index (κ2) is 76.9. The first-order chi connectivity index (χ1) is 46.3. The molecule has 0 aromatic rings. The zero-order chi connectivity index (χ0) is 69.9. The molecule has 0 aliphatic rings. The van der Waals surface area contributed by atoms with Crippen LogP contribution in [0, 0.1) is 0 Å². The molecule has 0 rings (SSSR count). The van der Waals surface area contributed by atoms with Crippen LogP contribution in [0.4, 0.5) is 13.2 Å². The average Bonchev–Trinajstić information content (AvgIpc) is 0.833. The van der Waals surface area contributed by atoms with Crippen molar-refractivity contribution in [1.29, 1.82) is 0 Å². The van der Waals surface area contributed by atoms with Crippen LogP contribution in [0.15, 0.2) is 0 Å². The van der Waals surface area contributed by atoms with Crippen molar-refractivity contribution < 1.29 is 26.1 Å². The van der Waals surface area contributed by atoms with Gasteiger partial charge in [0.2, 0.25) is 14.1 Å². The minimum atomic E-state index is -6.09. The van der Waals surface area contributed by atoms with Gasteiger partial charge in [0.15, 0.2) is 10.1 Å². The Bertz CT molecular complexity index is 1470. The van der Waals surface area contributed by atoms with Crippen LogP contribution in [0.25, 0.3) is 0 Å². The SMILES string of the molecule is CCCCCCCCCCCCCCP(CCCCCCCCCCCCCC)(CCCCCCCCCCCCCC)=[N+]=P(CCCCCCCCCCCCCC)(CCCCCCCCCCCCCC)CCCCCCCCCCCCCC.O=S(=O)([O-])C(F)(F)F. The van der Waals surface area contributed by atoms with E-state index in [4.69, 9.17) is 17.1 Å². The van der Waals surface area contributed by atoms with Crippen LogP contribution in [-0.4, -0.2) is 55.5 Å². The van der Waals surface area contributed by atoms with E-state index in [1.54, 1.807) is 0 Å². The number of alkyl halides is 3. The van der Waals surface area contributed by atoms with Crippen molar-refractivity contribution in [2.45, 2.75) is 509 Å². The molecule has 0 saturated heterocycles. The Morgan fingerprint density at radius 2 is 0.295 bits per heavy atom. The highest BCUT2D eigenvalue weighted by molar-refractivity contribution is 7.86. The summed E-state index contributed by atoms with van der Waals surface area (Å²) in [6.45, 7) is 14.2. The molecule has 0 heterocycles. The molecule has 0 aromatic heterocycles. The van der Waals surface area contributed by atoms with E-state index in [1.807, 2.05) is 0 Å². The summed E-state index contributed by atoms with van der Waals surface area (Å²) in [5.41, 5.74) is -5.65. The van der Waals surface area contributed by atoms with Gasteiger partial charge in [0.1, 0.15) is 0 Å². The minimum absolute atomic E-state index is 1.37. The van der Waals surface area contributed by atoms with E-state index < -0.39 is 29.7 Å². The highest BCUT2D eigenvalue weighted by Gasteiger charge is 2.37. The van der Waals surface area contributed by atoms with Gasteiger partial charge in [0.25, 0.3) is 0 Å². The van der Waals surface area contributed by atoms with Gasteiger partial charge in [-0.3, -0.25) is 0 Å². The third-order valence-corrected chi connectivity index (χ3v) is 31.7. The first-order valence-corrected chi connectivity index (χ1v) is 49.8. The molecule has 574 valence electrons. The zero-order valence-electron chi connectivity index (χ0n) is 65.8. The molecule has 0 saturated carbocycles. The van der Waals surface area contributed by atoms with Gasteiger partial charge < -0.3 is 4.55 Å². The normalized spacial score (nSPS) is 12.3. The van der Waals surface area contributed by atoms with E-state index in [1.165, 1.54) is 499 Å². The van der Waals surface area contributed by atoms with Gasteiger partial charge in [0.05, 0.1) is 0 Å². The number of hydrogen-bond acceptors (Lipinski definition) is 3. The van der Waals surface area contributed by atoms with E-state index in [0.29, 0.717) is 0 Å². The predicted molar refractivity (Wildman–Crippen MR) is 427 cm³/mol. The largest absolute Gasteiger partial charge is 0.741 e. The van der Waals surface area contributed by atoms with Crippen molar-refractivity contribution in [2.24, 2.45) is 0 Å². The molecule has 10 heteroatoms. The fourth-order valence-electron chi connectivity index (χ4n) is 14.8. The molecule has 0 spiro atoms. The van der Waals surface area contributed by atoms with E-state index >= 15 is 0 Å². The van der Waals surface area contributed by atoms with Crippen LogP contribution in [0.5, 0.6) is 0 Å². The standard InChI is InChI=1S/C84H174NP2.CHF3O3S/c1-7-13-19-25-31-37-43-49-55-61-67-73-79-86(80-74-68-62-56-50-44-38-32-26-20-14-8-2,81-75-69-63-57-51-45-39-33-27-21-15-9-3)85-87(82-76-70-64-58-52-46-40-34-28-22-16-10-4,83-77-71-65-59-53-47-41-35-29-23-17-11-5)84-78-72-66-60-54-48-42-36-30-24-18-12-6;2-1(3,4)8(5,6)7/h7-84H2,1-6H3;(H,5,6,7)/q+1;/p-1. The fourth-order valence-corrected chi connectivity index (χ4v) is 26.4. The lowest BCUT2D eigenvalue weighted by Crippen LogP contribution is -2.21. The highest BCUT2D eigenvalue weighted by Crippen LogP contribution is 2.56. The van der Waals surface area contributed by atoms with Crippen molar-refractivity contribution in [1.82, 2.24) is 4.17 Å². The molecule has 0 aliphatic heterocycles. The van der Waals surface area contributed by atoms with Gasteiger partial charge in [-0.2, -0.15) is 17.3 Å². The lowest BCUT2D eigenvalue weighted by Gasteiger charge is -2.20. The van der Waals surface area contributed by atoms with Crippen molar-refractivity contribution in [3.8, 4) is 0 Å². The minimum Gasteiger partial charge on any atom is -0.741 e. The summed E-state index contributed by atoms with van der Waals surface area (Å²) in [5.74, 6) is 0. The van der Waals surface area contributed by atoms with Gasteiger partial charge in [-0.25, -0.2) is 8.42 Å². The van der Waals surface area contributed by atoms with Gasteiger partial charge in [-0.15, -0.1) is 0 Å². The maximum absolute atomic E-state index is 10.7. The van der Waals surface area contributed by atoms with Crippen LogP contribution < -0.4 is 4.17 Å².